The quantitative estimate of drug-likeness (QED) is 0.749. The van der Waals surface area contributed by atoms with Gasteiger partial charge in [0.05, 0.1) is 6.61 Å². The molecular formula is C18H29N3O2. The fourth-order valence-electron chi connectivity index (χ4n) is 3.50. The standard InChI is InChI=1S/C18H29N3O2/c1-2-3-13-23-18(22)20-10-7-16(8-11-20)17-19-9-12-21(17)14-15-5-4-6-15/h9,12,15-16H,2-8,10-11,13-14H2,1H3. The van der Waals surface area contributed by atoms with E-state index in [0.29, 0.717) is 12.5 Å². The number of rotatable bonds is 6. The van der Waals surface area contributed by atoms with Gasteiger partial charge in [0.1, 0.15) is 5.82 Å². The van der Waals surface area contributed by atoms with Crippen LogP contribution in [0.3, 0.4) is 0 Å². The molecule has 0 unspecified atom stereocenters. The Morgan fingerprint density at radius 3 is 2.74 bits per heavy atom. The maximum absolute atomic E-state index is 12.0. The van der Waals surface area contributed by atoms with Crippen molar-refractivity contribution in [2.45, 2.75) is 64.3 Å². The van der Waals surface area contributed by atoms with Crippen molar-refractivity contribution >= 4 is 6.09 Å². The molecule has 2 heterocycles. The summed E-state index contributed by atoms with van der Waals surface area (Å²) in [7, 11) is 0. The SMILES string of the molecule is CCCCOC(=O)N1CCC(c2nccn2CC2CCC2)CC1. The van der Waals surface area contributed by atoms with Crippen LogP contribution >= 0.6 is 0 Å². The number of imidazole rings is 1. The van der Waals surface area contributed by atoms with Crippen molar-refractivity contribution < 1.29 is 9.53 Å². The highest BCUT2D eigenvalue weighted by Crippen LogP contribution is 2.31. The molecular weight excluding hydrogens is 290 g/mol. The number of likely N-dealkylation sites (tertiary alicyclic amines) is 1. The number of amides is 1. The molecule has 1 aromatic rings. The molecule has 1 aliphatic heterocycles. The van der Waals surface area contributed by atoms with Gasteiger partial charge in [0.25, 0.3) is 0 Å². The second-order valence-electron chi connectivity index (χ2n) is 6.96. The van der Waals surface area contributed by atoms with Gasteiger partial charge in [-0.3, -0.25) is 0 Å². The zero-order valence-electron chi connectivity index (χ0n) is 14.2. The lowest BCUT2D eigenvalue weighted by atomic mass is 9.85. The minimum Gasteiger partial charge on any atom is -0.449 e. The molecule has 0 aromatic carbocycles. The van der Waals surface area contributed by atoms with Crippen LogP contribution in [0.2, 0.25) is 0 Å². The van der Waals surface area contributed by atoms with E-state index in [9.17, 15) is 4.79 Å². The average molecular weight is 319 g/mol. The monoisotopic (exact) mass is 319 g/mol. The van der Waals surface area contributed by atoms with Crippen molar-refractivity contribution in [1.82, 2.24) is 14.5 Å². The second kappa shape index (κ2) is 7.84. The van der Waals surface area contributed by atoms with Crippen LogP contribution in [0.4, 0.5) is 4.79 Å². The third-order valence-corrected chi connectivity index (χ3v) is 5.27. The number of hydrogen-bond acceptors (Lipinski definition) is 3. The van der Waals surface area contributed by atoms with Gasteiger partial charge in [0.2, 0.25) is 0 Å². The first-order valence-electron chi connectivity index (χ1n) is 9.20. The Labute approximate surface area is 139 Å². The van der Waals surface area contributed by atoms with Crippen LogP contribution in [0.15, 0.2) is 12.4 Å². The van der Waals surface area contributed by atoms with Crippen molar-refractivity contribution in [3.8, 4) is 0 Å². The number of hydrogen-bond donors (Lipinski definition) is 0. The normalized spacial score (nSPS) is 19.6. The number of piperidine rings is 1. The molecule has 3 rings (SSSR count). The van der Waals surface area contributed by atoms with Crippen molar-refractivity contribution in [3.63, 3.8) is 0 Å². The van der Waals surface area contributed by atoms with Crippen LogP contribution in [0.1, 0.15) is 63.6 Å². The highest BCUT2D eigenvalue weighted by atomic mass is 16.6. The molecule has 0 atom stereocenters. The van der Waals surface area contributed by atoms with Gasteiger partial charge in [-0.1, -0.05) is 19.8 Å². The van der Waals surface area contributed by atoms with Crippen LogP contribution in [0.25, 0.3) is 0 Å². The van der Waals surface area contributed by atoms with Gasteiger partial charge in [-0.2, -0.15) is 0 Å². The highest BCUT2D eigenvalue weighted by molar-refractivity contribution is 5.67. The van der Waals surface area contributed by atoms with E-state index in [1.807, 2.05) is 11.1 Å². The van der Waals surface area contributed by atoms with Gasteiger partial charge in [0.15, 0.2) is 0 Å². The molecule has 1 amide bonds. The summed E-state index contributed by atoms with van der Waals surface area (Å²) in [6.07, 6.45) is 12.0. The van der Waals surface area contributed by atoms with Gasteiger partial charge in [0, 0.05) is 37.9 Å². The van der Waals surface area contributed by atoms with E-state index in [1.165, 1.54) is 25.1 Å². The molecule has 1 saturated carbocycles. The van der Waals surface area contributed by atoms with E-state index >= 15 is 0 Å². The van der Waals surface area contributed by atoms with Crippen molar-refractivity contribution in [2.24, 2.45) is 5.92 Å². The summed E-state index contributed by atoms with van der Waals surface area (Å²) in [6.45, 7) is 5.33. The summed E-state index contributed by atoms with van der Waals surface area (Å²) < 4.78 is 7.66. The topological polar surface area (TPSA) is 47.4 Å². The zero-order valence-corrected chi connectivity index (χ0v) is 14.2. The predicted octanol–water partition coefficient (Wildman–Crippen LogP) is 3.80. The number of unbranched alkanes of at least 4 members (excludes halogenated alkanes) is 1. The second-order valence-corrected chi connectivity index (χ2v) is 6.96. The molecule has 1 aromatic heterocycles. The summed E-state index contributed by atoms with van der Waals surface area (Å²) in [6, 6.07) is 0. The van der Waals surface area contributed by atoms with Gasteiger partial charge < -0.3 is 14.2 Å². The molecule has 5 heteroatoms. The Balaban J connectivity index is 1.49. The number of ether oxygens (including phenoxy) is 1. The lowest BCUT2D eigenvalue weighted by molar-refractivity contribution is 0.0909. The van der Waals surface area contributed by atoms with Crippen LogP contribution in [-0.2, 0) is 11.3 Å². The lowest BCUT2D eigenvalue weighted by Crippen LogP contribution is -2.39. The predicted molar refractivity (Wildman–Crippen MR) is 89.4 cm³/mol. The average Bonchev–Trinajstić information content (AvgIpc) is 2.99. The Morgan fingerprint density at radius 1 is 1.30 bits per heavy atom. The van der Waals surface area contributed by atoms with E-state index in [4.69, 9.17) is 4.74 Å². The fraction of sp³-hybridized carbons (Fsp3) is 0.778. The number of aromatic nitrogens is 2. The minimum absolute atomic E-state index is 0.144. The number of carbonyl (C=O) groups is 1. The van der Waals surface area contributed by atoms with Crippen LogP contribution in [0.5, 0.6) is 0 Å². The lowest BCUT2D eigenvalue weighted by Gasteiger charge is -2.32. The van der Waals surface area contributed by atoms with Crippen LogP contribution in [0, 0.1) is 5.92 Å². The Kier molecular flexibility index (Phi) is 5.57. The summed E-state index contributed by atoms with van der Waals surface area (Å²) in [5.41, 5.74) is 0. The van der Waals surface area contributed by atoms with E-state index in [2.05, 4.69) is 22.7 Å². The first-order valence-corrected chi connectivity index (χ1v) is 9.20. The molecule has 0 N–H and O–H groups in total. The Bertz CT molecular complexity index is 502. The minimum atomic E-state index is -0.144. The smallest absolute Gasteiger partial charge is 0.409 e. The van der Waals surface area contributed by atoms with E-state index in [0.717, 1.165) is 51.2 Å². The molecule has 0 radical (unpaired) electrons. The molecule has 0 spiro atoms. The van der Waals surface area contributed by atoms with Gasteiger partial charge in [-0.15, -0.1) is 0 Å². The molecule has 23 heavy (non-hydrogen) atoms. The molecule has 2 fully saturated rings. The van der Waals surface area contributed by atoms with E-state index in [1.54, 1.807) is 0 Å². The summed E-state index contributed by atoms with van der Waals surface area (Å²) in [5.74, 6) is 2.54. The van der Waals surface area contributed by atoms with Crippen LogP contribution < -0.4 is 0 Å². The summed E-state index contributed by atoms with van der Waals surface area (Å²) >= 11 is 0. The fourth-order valence-corrected chi connectivity index (χ4v) is 3.50. The van der Waals surface area contributed by atoms with Gasteiger partial charge >= 0.3 is 6.09 Å². The maximum atomic E-state index is 12.0. The van der Waals surface area contributed by atoms with Crippen molar-refractivity contribution in [1.29, 1.82) is 0 Å². The maximum Gasteiger partial charge on any atom is 0.409 e. The third kappa shape index (κ3) is 4.06. The van der Waals surface area contributed by atoms with E-state index in [-0.39, 0.29) is 6.09 Å². The van der Waals surface area contributed by atoms with Crippen molar-refractivity contribution in [2.75, 3.05) is 19.7 Å². The van der Waals surface area contributed by atoms with Crippen molar-refractivity contribution in [3.05, 3.63) is 18.2 Å². The zero-order chi connectivity index (χ0) is 16.1. The summed E-state index contributed by atoms with van der Waals surface area (Å²) in [4.78, 5) is 18.5. The Hall–Kier alpha value is -1.52. The largest absolute Gasteiger partial charge is 0.449 e. The van der Waals surface area contributed by atoms with Gasteiger partial charge in [-0.25, -0.2) is 9.78 Å². The molecule has 0 bridgehead atoms. The molecule has 2 aliphatic rings. The molecule has 5 nitrogen and oxygen atoms in total. The molecule has 128 valence electrons. The van der Waals surface area contributed by atoms with Crippen LogP contribution in [-0.4, -0.2) is 40.2 Å². The summed E-state index contributed by atoms with van der Waals surface area (Å²) in [5, 5.41) is 0. The number of nitrogens with zero attached hydrogens (tertiary/aromatic N) is 3. The first-order chi connectivity index (χ1) is 11.3. The molecule has 1 aliphatic carbocycles. The van der Waals surface area contributed by atoms with Gasteiger partial charge in [-0.05, 0) is 38.0 Å². The molecule has 1 saturated heterocycles. The Morgan fingerprint density at radius 2 is 2.09 bits per heavy atom. The highest BCUT2D eigenvalue weighted by Gasteiger charge is 2.28. The first kappa shape index (κ1) is 16.3. The third-order valence-electron chi connectivity index (χ3n) is 5.27. The number of carbonyl (C=O) groups excluding carboxylic acids is 1. The van der Waals surface area contributed by atoms with E-state index < -0.39 is 0 Å².